The molecule has 2 rings (SSSR count). The second-order valence-electron chi connectivity index (χ2n) is 4.90. The van der Waals surface area contributed by atoms with Gasteiger partial charge in [-0.15, -0.1) is 0 Å². The lowest BCUT2D eigenvalue weighted by Gasteiger charge is -2.21. The van der Waals surface area contributed by atoms with E-state index in [1.165, 1.54) is 0 Å². The lowest BCUT2D eigenvalue weighted by Crippen LogP contribution is -2.36. The summed E-state index contributed by atoms with van der Waals surface area (Å²) in [6.07, 6.45) is 2.58. The molecular weight excluding hydrogens is 229 g/mol. The van der Waals surface area contributed by atoms with Crippen molar-refractivity contribution in [3.8, 4) is 0 Å². The van der Waals surface area contributed by atoms with Gasteiger partial charge in [0.15, 0.2) is 0 Å². The Labute approximate surface area is 108 Å². The highest BCUT2D eigenvalue weighted by Crippen LogP contribution is 2.13. The molecule has 1 aromatic carbocycles. The molecule has 0 saturated carbocycles. The summed E-state index contributed by atoms with van der Waals surface area (Å²) in [5.74, 6) is 0. The van der Waals surface area contributed by atoms with Gasteiger partial charge in [0.25, 0.3) is 0 Å². The SMILES string of the molecule is CN(Cc1ccccc1B(O)O)CC1CCCO1. The Morgan fingerprint density at radius 1 is 1.39 bits per heavy atom. The zero-order chi connectivity index (χ0) is 13.0. The van der Waals surface area contributed by atoms with Crippen molar-refractivity contribution in [2.24, 2.45) is 0 Å². The Morgan fingerprint density at radius 3 is 2.83 bits per heavy atom. The normalized spacial score (nSPS) is 19.4. The van der Waals surface area contributed by atoms with Crippen LogP contribution in [0.5, 0.6) is 0 Å². The number of hydrogen-bond acceptors (Lipinski definition) is 4. The van der Waals surface area contributed by atoms with Gasteiger partial charge in [-0.05, 0) is 30.9 Å². The minimum absolute atomic E-state index is 0.321. The second kappa shape index (κ2) is 6.34. The highest BCUT2D eigenvalue weighted by atomic mass is 16.5. The summed E-state index contributed by atoms with van der Waals surface area (Å²) >= 11 is 0. The van der Waals surface area contributed by atoms with E-state index in [0.29, 0.717) is 18.1 Å². The largest absolute Gasteiger partial charge is 0.488 e. The molecular formula is C13H20BNO3. The molecule has 98 valence electrons. The minimum Gasteiger partial charge on any atom is -0.423 e. The molecule has 1 heterocycles. The third-order valence-electron chi connectivity index (χ3n) is 3.31. The predicted octanol–water partition coefficient (Wildman–Crippen LogP) is -0.0228. The molecule has 18 heavy (non-hydrogen) atoms. The smallest absolute Gasteiger partial charge is 0.423 e. The van der Waals surface area contributed by atoms with Crippen LogP contribution >= 0.6 is 0 Å². The van der Waals surface area contributed by atoms with E-state index in [9.17, 15) is 10.0 Å². The number of hydrogen-bond donors (Lipinski definition) is 2. The third kappa shape index (κ3) is 3.56. The molecule has 0 amide bonds. The Morgan fingerprint density at radius 2 is 2.17 bits per heavy atom. The molecule has 0 radical (unpaired) electrons. The van der Waals surface area contributed by atoms with Crippen molar-refractivity contribution in [2.45, 2.75) is 25.5 Å². The lowest BCUT2D eigenvalue weighted by molar-refractivity contribution is 0.0794. The number of benzene rings is 1. The van der Waals surface area contributed by atoms with E-state index in [1.807, 2.05) is 25.2 Å². The molecule has 1 aliphatic rings. The standard InChI is InChI=1S/C13H20BNO3/c1-15(10-12-6-4-8-18-12)9-11-5-2-3-7-13(11)14(16)17/h2-3,5,7,12,16-17H,4,6,8-10H2,1H3. The summed E-state index contributed by atoms with van der Waals surface area (Å²) in [4.78, 5) is 2.16. The average Bonchev–Trinajstić information content (AvgIpc) is 2.82. The second-order valence-corrected chi connectivity index (χ2v) is 4.90. The Hall–Kier alpha value is -0.875. The molecule has 1 saturated heterocycles. The van der Waals surface area contributed by atoms with Gasteiger partial charge < -0.3 is 14.8 Å². The maximum absolute atomic E-state index is 9.31. The maximum atomic E-state index is 9.31. The first-order chi connectivity index (χ1) is 8.66. The van der Waals surface area contributed by atoms with Crippen LogP contribution < -0.4 is 5.46 Å². The number of likely N-dealkylation sites (N-methyl/N-ethyl adjacent to an activating group) is 1. The predicted molar refractivity (Wildman–Crippen MR) is 71.6 cm³/mol. The van der Waals surface area contributed by atoms with Crippen molar-refractivity contribution < 1.29 is 14.8 Å². The fourth-order valence-electron chi connectivity index (χ4n) is 2.42. The fourth-order valence-corrected chi connectivity index (χ4v) is 2.42. The molecule has 1 unspecified atom stereocenters. The molecule has 2 N–H and O–H groups in total. The topological polar surface area (TPSA) is 52.9 Å². The molecule has 1 atom stereocenters. The first-order valence-electron chi connectivity index (χ1n) is 6.41. The average molecular weight is 249 g/mol. The monoisotopic (exact) mass is 249 g/mol. The van der Waals surface area contributed by atoms with Crippen LogP contribution in [0.15, 0.2) is 24.3 Å². The lowest BCUT2D eigenvalue weighted by atomic mass is 9.77. The van der Waals surface area contributed by atoms with Gasteiger partial charge in [0.2, 0.25) is 0 Å². The fraction of sp³-hybridized carbons (Fsp3) is 0.538. The van der Waals surface area contributed by atoms with Crippen LogP contribution in [0.2, 0.25) is 0 Å². The molecule has 0 aliphatic carbocycles. The highest BCUT2D eigenvalue weighted by molar-refractivity contribution is 6.59. The van der Waals surface area contributed by atoms with Gasteiger partial charge in [-0.25, -0.2) is 0 Å². The van der Waals surface area contributed by atoms with E-state index in [1.54, 1.807) is 6.07 Å². The van der Waals surface area contributed by atoms with E-state index in [4.69, 9.17) is 4.74 Å². The molecule has 1 aliphatic heterocycles. The zero-order valence-electron chi connectivity index (χ0n) is 10.7. The van der Waals surface area contributed by atoms with Crippen molar-refractivity contribution in [3.05, 3.63) is 29.8 Å². The Kier molecular flexibility index (Phi) is 4.77. The van der Waals surface area contributed by atoms with Crippen LogP contribution in [0.4, 0.5) is 0 Å². The molecule has 0 aromatic heterocycles. The van der Waals surface area contributed by atoms with Crippen LogP contribution in [0, 0.1) is 0 Å². The van der Waals surface area contributed by atoms with E-state index in [2.05, 4.69) is 4.90 Å². The quantitative estimate of drug-likeness (QED) is 0.720. The van der Waals surface area contributed by atoms with Crippen molar-refractivity contribution in [2.75, 3.05) is 20.2 Å². The highest BCUT2D eigenvalue weighted by Gasteiger charge is 2.19. The molecule has 1 aromatic rings. The van der Waals surface area contributed by atoms with Crippen LogP contribution in [0.25, 0.3) is 0 Å². The van der Waals surface area contributed by atoms with Gasteiger partial charge in [-0.3, -0.25) is 4.90 Å². The first-order valence-corrected chi connectivity index (χ1v) is 6.41. The van der Waals surface area contributed by atoms with Gasteiger partial charge >= 0.3 is 7.12 Å². The molecule has 4 nitrogen and oxygen atoms in total. The summed E-state index contributed by atoms with van der Waals surface area (Å²) < 4.78 is 5.60. The van der Waals surface area contributed by atoms with Crippen molar-refractivity contribution >= 4 is 12.6 Å². The summed E-state index contributed by atoms with van der Waals surface area (Å²) in [5.41, 5.74) is 1.53. The van der Waals surface area contributed by atoms with E-state index >= 15 is 0 Å². The van der Waals surface area contributed by atoms with E-state index in [-0.39, 0.29) is 0 Å². The Bertz CT molecular complexity index is 380. The number of nitrogens with zero attached hydrogens (tertiary/aromatic N) is 1. The summed E-state index contributed by atoms with van der Waals surface area (Å²) in [7, 11) is 0.625. The maximum Gasteiger partial charge on any atom is 0.488 e. The van der Waals surface area contributed by atoms with Crippen LogP contribution in [0.1, 0.15) is 18.4 Å². The Balaban J connectivity index is 1.95. The minimum atomic E-state index is -1.41. The molecule has 0 bridgehead atoms. The number of ether oxygens (including phenoxy) is 1. The number of rotatable bonds is 5. The van der Waals surface area contributed by atoms with Crippen molar-refractivity contribution in [3.63, 3.8) is 0 Å². The van der Waals surface area contributed by atoms with Crippen LogP contribution in [-0.2, 0) is 11.3 Å². The van der Waals surface area contributed by atoms with E-state index in [0.717, 1.165) is 31.6 Å². The van der Waals surface area contributed by atoms with Gasteiger partial charge in [0, 0.05) is 19.7 Å². The summed E-state index contributed by atoms with van der Waals surface area (Å²) in [5, 5.41) is 18.6. The third-order valence-corrected chi connectivity index (χ3v) is 3.31. The zero-order valence-corrected chi connectivity index (χ0v) is 10.7. The molecule has 5 heteroatoms. The molecule has 0 spiro atoms. The van der Waals surface area contributed by atoms with Crippen LogP contribution in [-0.4, -0.2) is 48.4 Å². The van der Waals surface area contributed by atoms with Gasteiger partial charge in [0.1, 0.15) is 0 Å². The van der Waals surface area contributed by atoms with Crippen molar-refractivity contribution in [1.82, 2.24) is 4.90 Å². The van der Waals surface area contributed by atoms with Crippen molar-refractivity contribution in [1.29, 1.82) is 0 Å². The summed E-state index contributed by atoms with van der Waals surface area (Å²) in [6, 6.07) is 7.42. The first kappa shape index (κ1) is 13.6. The van der Waals surface area contributed by atoms with Gasteiger partial charge in [-0.2, -0.15) is 0 Å². The van der Waals surface area contributed by atoms with Crippen LogP contribution in [0.3, 0.4) is 0 Å². The molecule has 1 fully saturated rings. The summed E-state index contributed by atoms with van der Waals surface area (Å²) in [6.45, 7) is 2.45. The van der Waals surface area contributed by atoms with Gasteiger partial charge in [-0.1, -0.05) is 24.3 Å². The van der Waals surface area contributed by atoms with Gasteiger partial charge in [0.05, 0.1) is 6.10 Å². The van der Waals surface area contributed by atoms with E-state index < -0.39 is 7.12 Å².